The van der Waals surface area contributed by atoms with E-state index in [1.807, 2.05) is 48.0 Å². The van der Waals surface area contributed by atoms with Gasteiger partial charge >= 0.3 is 0 Å². The van der Waals surface area contributed by atoms with Gasteiger partial charge in [0.15, 0.2) is 11.6 Å². The van der Waals surface area contributed by atoms with Crippen LogP contribution in [-0.2, 0) is 0 Å². The van der Waals surface area contributed by atoms with E-state index in [1.165, 1.54) is 11.3 Å². The molecule has 0 aliphatic carbocycles. The van der Waals surface area contributed by atoms with Gasteiger partial charge in [-0.2, -0.15) is 0 Å². The Kier molecular flexibility index (Phi) is 6.30. The van der Waals surface area contributed by atoms with E-state index in [2.05, 4.69) is 0 Å². The summed E-state index contributed by atoms with van der Waals surface area (Å²) in [5.41, 5.74) is 1.20. The molecule has 0 spiro atoms. The first kappa shape index (κ1) is 18.9. The molecule has 3 aromatic rings. The highest BCUT2D eigenvalue weighted by Gasteiger charge is 2.26. The molecule has 0 saturated carbocycles. The van der Waals surface area contributed by atoms with Crippen molar-refractivity contribution in [1.82, 2.24) is 0 Å². The summed E-state index contributed by atoms with van der Waals surface area (Å²) in [6, 6.07) is 18.2. The average molecular weight is 401 g/mol. The second-order valence-electron chi connectivity index (χ2n) is 5.79. The van der Waals surface area contributed by atoms with E-state index in [0.717, 1.165) is 9.77 Å². The molecule has 0 fully saturated rings. The number of carbonyl (C=O) groups is 2. The predicted octanol–water partition coefficient (Wildman–Crippen LogP) is 6.36. The maximum Gasteiger partial charge on any atom is 0.171 e. The smallest absolute Gasteiger partial charge is 0.171 e. The molecule has 3 rings (SSSR count). The predicted molar refractivity (Wildman–Crippen MR) is 110 cm³/mol. The number of rotatable bonds is 7. The lowest BCUT2D eigenvalue weighted by atomic mass is 9.89. The molecular formula is C21H17ClO2S2. The Morgan fingerprint density at radius 3 is 2.23 bits per heavy atom. The highest BCUT2D eigenvalue weighted by atomic mass is 35.5. The molecule has 0 radical (unpaired) electrons. The number of halogens is 1. The maximum absolute atomic E-state index is 13.1. The van der Waals surface area contributed by atoms with Gasteiger partial charge in [0.2, 0.25) is 0 Å². The normalized spacial score (nSPS) is 11.9. The maximum atomic E-state index is 13.1. The zero-order valence-electron chi connectivity index (χ0n) is 14.1. The molecule has 0 aliphatic heterocycles. The fraction of sp³-hybridized carbons (Fsp3) is 0.143. The van der Waals surface area contributed by atoms with Crippen LogP contribution in [0.2, 0.25) is 5.02 Å². The molecule has 0 bridgehead atoms. The van der Waals surface area contributed by atoms with Gasteiger partial charge < -0.3 is 0 Å². The molecule has 0 amide bonds. The first-order chi connectivity index (χ1) is 12.6. The lowest BCUT2D eigenvalue weighted by Crippen LogP contribution is -2.16. The van der Waals surface area contributed by atoms with Crippen molar-refractivity contribution in [2.24, 2.45) is 0 Å². The summed E-state index contributed by atoms with van der Waals surface area (Å²) < 4.78 is 0. The summed E-state index contributed by atoms with van der Waals surface area (Å²) >= 11 is 9.03. The Morgan fingerprint density at radius 2 is 1.65 bits per heavy atom. The number of carbonyl (C=O) groups excluding carboxylic acids is 2. The summed E-state index contributed by atoms with van der Waals surface area (Å²) in [6.45, 7) is 0. The molecule has 0 N–H and O–H groups in total. The third-order valence-electron chi connectivity index (χ3n) is 4.13. The first-order valence-electron chi connectivity index (χ1n) is 8.09. The third-order valence-corrected chi connectivity index (χ3v) is 6.11. The molecule has 26 heavy (non-hydrogen) atoms. The van der Waals surface area contributed by atoms with E-state index in [4.69, 9.17) is 11.6 Å². The van der Waals surface area contributed by atoms with Crippen LogP contribution in [0.1, 0.15) is 37.9 Å². The van der Waals surface area contributed by atoms with Gasteiger partial charge in [0, 0.05) is 32.3 Å². The molecule has 2 aromatic carbocycles. The van der Waals surface area contributed by atoms with Crippen LogP contribution in [-0.4, -0.2) is 17.8 Å². The van der Waals surface area contributed by atoms with Gasteiger partial charge in [0.1, 0.15) is 0 Å². The topological polar surface area (TPSA) is 34.1 Å². The average Bonchev–Trinajstić information content (AvgIpc) is 3.20. The van der Waals surface area contributed by atoms with Crippen LogP contribution in [0.5, 0.6) is 0 Å². The summed E-state index contributed by atoms with van der Waals surface area (Å²) in [4.78, 5) is 27.8. The Bertz CT molecular complexity index is 885. The van der Waals surface area contributed by atoms with Crippen molar-refractivity contribution in [3.8, 4) is 0 Å². The van der Waals surface area contributed by atoms with Gasteiger partial charge in [-0.3, -0.25) is 9.59 Å². The zero-order valence-corrected chi connectivity index (χ0v) is 16.5. The molecule has 1 aromatic heterocycles. The number of ketones is 2. The quantitative estimate of drug-likeness (QED) is 0.341. The monoisotopic (exact) mass is 400 g/mol. The number of benzene rings is 2. The van der Waals surface area contributed by atoms with Gasteiger partial charge in [-0.1, -0.05) is 29.8 Å². The number of hydrogen-bond acceptors (Lipinski definition) is 4. The SMILES string of the molecule is CSc1ccc(C(=O)C(CC(=O)c2ccc(Cl)cc2)c2cccs2)cc1. The van der Waals surface area contributed by atoms with Gasteiger partial charge in [-0.25, -0.2) is 0 Å². The summed E-state index contributed by atoms with van der Waals surface area (Å²) in [7, 11) is 0. The fourth-order valence-corrected chi connectivity index (χ4v) is 4.07. The lowest BCUT2D eigenvalue weighted by molar-refractivity contribution is 0.0895. The Balaban J connectivity index is 1.86. The largest absolute Gasteiger partial charge is 0.294 e. The summed E-state index contributed by atoms with van der Waals surface area (Å²) in [5.74, 6) is -0.560. The molecule has 132 valence electrons. The number of hydrogen-bond donors (Lipinski definition) is 0. The molecular weight excluding hydrogens is 384 g/mol. The zero-order chi connectivity index (χ0) is 18.5. The molecule has 1 unspecified atom stereocenters. The van der Waals surface area contributed by atoms with Gasteiger partial charge in [-0.15, -0.1) is 23.1 Å². The Hall–Kier alpha value is -1.88. The van der Waals surface area contributed by atoms with Crippen molar-refractivity contribution in [1.29, 1.82) is 0 Å². The second kappa shape index (κ2) is 8.67. The van der Waals surface area contributed by atoms with E-state index in [0.29, 0.717) is 16.1 Å². The van der Waals surface area contributed by atoms with Crippen molar-refractivity contribution >= 4 is 46.3 Å². The second-order valence-corrected chi connectivity index (χ2v) is 8.09. The van der Waals surface area contributed by atoms with Crippen LogP contribution in [0.15, 0.2) is 70.9 Å². The molecule has 1 atom stereocenters. The number of Topliss-reactive ketones (excluding diaryl/α,β-unsaturated/α-hetero) is 2. The van der Waals surface area contributed by atoms with Crippen LogP contribution in [0, 0.1) is 0 Å². The lowest BCUT2D eigenvalue weighted by Gasteiger charge is -2.14. The van der Waals surface area contributed by atoms with Crippen LogP contribution in [0.3, 0.4) is 0 Å². The molecule has 1 heterocycles. The third kappa shape index (κ3) is 4.44. The summed E-state index contributed by atoms with van der Waals surface area (Å²) in [6.07, 6.45) is 2.14. The van der Waals surface area contributed by atoms with Gasteiger partial charge in [0.05, 0.1) is 5.92 Å². The standard InChI is InChI=1S/C21H17ClO2S2/c1-25-17-10-6-15(7-11-17)21(24)18(20-3-2-12-26-20)13-19(23)14-4-8-16(22)9-5-14/h2-12,18H,13H2,1H3. The highest BCUT2D eigenvalue weighted by molar-refractivity contribution is 7.98. The Labute approximate surface area is 166 Å². The van der Waals surface area contributed by atoms with Crippen LogP contribution in [0.4, 0.5) is 0 Å². The van der Waals surface area contributed by atoms with Crippen molar-refractivity contribution in [2.45, 2.75) is 17.2 Å². The van der Waals surface area contributed by atoms with Crippen LogP contribution >= 0.6 is 34.7 Å². The Morgan fingerprint density at radius 1 is 1.00 bits per heavy atom. The summed E-state index contributed by atoms with van der Waals surface area (Å²) in [5, 5.41) is 2.51. The van der Waals surface area contributed by atoms with Crippen molar-refractivity contribution in [2.75, 3.05) is 6.26 Å². The van der Waals surface area contributed by atoms with Crippen molar-refractivity contribution in [3.05, 3.63) is 87.1 Å². The molecule has 2 nitrogen and oxygen atoms in total. The van der Waals surface area contributed by atoms with Crippen molar-refractivity contribution in [3.63, 3.8) is 0 Å². The van der Waals surface area contributed by atoms with E-state index >= 15 is 0 Å². The number of thioether (sulfide) groups is 1. The highest BCUT2D eigenvalue weighted by Crippen LogP contribution is 2.30. The van der Waals surface area contributed by atoms with Gasteiger partial charge in [-0.05, 0) is 54.1 Å². The van der Waals surface area contributed by atoms with Crippen LogP contribution in [0.25, 0.3) is 0 Å². The minimum atomic E-state index is -0.474. The van der Waals surface area contributed by atoms with E-state index in [1.54, 1.807) is 36.0 Å². The van der Waals surface area contributed by atoms with E-state index in [-0.39, 0.29) is 18.0 Å². The van der Waals surface area contributed by atoms with Crippen LogP contribution < -0.4 is 0 Å². The number of thiophene rings is 1. The van der Waals surface area contributed by atoms with Gasteiger partial charge in [0.25, 0.3) is 0 Å². The molecule has 5 heteroatoms. The minimum absolute atomic E-state index is 0.0255. The molecule has 0 saturated heterocycles. The first-order valence-corrected chi connectivity index (χ1v) is 10.6. The van der Waals surface area contributed by atoms with Crippen molar-refractivity contribution < 1.29 is 9.59 Å². The van der Waals surface area contributed by atoms with E-state index < -0.39 is 5.92 Å². The fourth-order valence-electron chi connectivity index (χ4n) is 2.71. The van der Waals surface area contributed by atoms with E-state index in [9.17, 15) is 9.59 Å². The molecule has 0 aliphatic rings. The minimum Gasteiger partial charge on any atom is -0.294 e.